The van der Waals surface area contributed by atoms with Crippen LogP contribution in [0.25, 0.3) is 6.08 Å². The molecule has 0 spiro atoms. The summed E-state index contributed by atoms with van der Waals surface area (Å²) in [4.78, 5) is 32.2. The van der Waals surface area contributed by atoms with E-state index in [0.29, 0.717) is 6.54 Å². The molecule has 2 saturated heterocycles. The monoisotopic (exact) mass is 439 g/mol. The Bertz CT molecular complexity index is 860. The molecule has 1 aromatic carbocycles. The van der Waals surface area contributed by atoms with Gasteiger partial charge in [-0.1, -0.05) is 63.3 Å². The number of benzene rings is 1. The molecule has 2 heterocycles. The van der Waals surface area contributed by atoms with Crippen LogP contribution in [0.15, 0.2) is 36.4 Å². The van der Waals surface area contributed by atoms with Crippen LogP contribution in [0.2, 0.25) is 0 Å². The average molecular weight is 440 g/mol. The Morgan fingerprint density at radius 1 is 1.03 bits per heavy atom. The minimum atomic E-state index is -0.711. The highest BCUT2D eigenvalue weighted by Gasteiger charge is 2.64. The topological polar surface area (TPSA) is 64.1 Å². The molecule has 2 amide bonds. The zero-order valence-corrected chi connectivity index (χ0v) is 19.7. The first kappa shape index (κ1) is 23.1. The molecule has 3 aliphatic rings. The Balaban J connectivity index is 1.24. The van der Waals surface area contributed by atoms with Gasteiger partial charge in [-0.3, -0.25) is 24.3 Å². The number of hydrogen-bond acceptors (Lipinski definition) is 5. The summed E-state index contributed by atoms with van der Waals surface area (Å²) < 4.78 is 0. The fraction of sp³-hybridized carbons (Fsp3) is 0.615. The Morgan fingerprint density at radius 2 is 1.69 bits per heavy atom. The molecule has 1 aliphatic carbocycles. The smallest absolute Gasteiger partial charge is 0.235 e. The molecule has 0 radical (unpaired) electrons. The van der Waals surface area contributed by atoms with Gasteiger partial charge in [-0.05, 0) is 23.8 Å². The van der Waals surface area contributed by atoms with Gasteiger partial charge in [-0.25, -0.2) is 0 Å². The van der Waals surface area contributed by atoms with E-state index in [9.17, 15) is 14.7 Å². The van der Waals surface area contributed by atoms with Crippen LogP contribution in [0.5, 0.6) is 0 Å². The number of likely N-dealkylation sites (tertiary alicyclic amines) is 1. The molecule has 3 fully saturated rings. The van der Waals surface area contributed by atoms with E-state index in [0.717, 1.165) is 45.6 Å². The number of imide groups is 1. The van der Waals surface area contributed by atoms with Crippen molar-refractivity contribution in [2.45, 2.75) is 39.7 Å². The number of β-amino-alcohol motifs (C(OH)–C–C–N with tert-alkyl or cyclic N) is 1. The van der Waals surface area contributed by atoms with Crippen molar-refractivity contribution in [1.82, 2.24) is 14.7 Å². The second kappa shape index (κ2) is 9.08. The minimum Gasteiger partial charge on any atom is -0.390 e. The fourth-order valence-corrected chi connectivity index (χ4v) is 5.70. The van der Waals surface area contributed by atoms with Crippen LogP contribution in [-0.4, -0.2) is 83.5 Å². The third-order valence-electron chi connectivity index (χ3n) is 8.31. The van der Waals surface area contributed by atoms with Crippen molar-refractivity contribution in [3.63, 3.8) is 0 Å². The second-order valence-electron chi connectivity index (χ2n) is 10.5. The first-order chi connectivity index (χ1) is 15.2. The molecule has 1 aromatic rings. The van der Waals surface area contributed by atoms with Crippen LogP contribution < -0.4 is 0 Å². The van der Waals surface area contributed by atoms with Gasteiger partial charge in [0.2, 0.25) is 11.8 Å². The van der Waals surface area contributed by atoms with Crippen molar-refractivity contribution in [2.24, 2.45) is 16.7 Å². The zero-order chi connectivity index (χ0) is 22.9. The van der Waals surface area contributed by atoms with Crippen molar-refractivity contribution in [2.75, 3.05) is 45.8 Å². The van der Waals surface area contributed by atoms with E-state index >= 15 is 0 Å². The van der Waals surface area contributed by atoms with E-state index in [1.54, 1.807) is 0 Å². The lowest BCUT2D eigenvalue weighted by atomic mass is 9.62. The summed E-state index contributed by atoms with van der Waals surface area (Å²) in [6, 6.07) is 10.3. The first-order valence-electron chi connectivity index (χ1n) is 11.9. The van der Waals surface area contributed by atoms with Gasteiger partial charge in [0, 0.05) is 45.2 Å². The van der Waals surface area contributed by atoms with Crippen molar-refractivity contribution >= 4 is 17.9 Å². The van der Waals surface area contributed by atoms with Gasteiger partial charge in [0.15, 0.2) is 0 Å². The van der Waals surface area contributed by atoms with Gasteiger partial charge in [0.05, 0.1) is 18.1 Å². The summed E-state index contributed by atoms with van der Waals surface area (Å²) in [6.45, 7) is 11.3. The summed E-state index contributed by atoms with van der Waals surface area (Å²) in [6.07, 6.45) is 5.15. The molecule has 6 heteroatoms. The minimum absolute atomic E-state index is 0.0935. The third kappa shape index (κ3) is 4.28. The van der Waals surface area contributed by atoms with Gasteiger partial charge in [-0.2, -0.15) is 0 Å². The Labute approximate surface area is 191 Å². The number of nitrogens with zero attached hydrogens (tertiary/aromatic N) is 3. The summed E-state index contributed by atoms with van der Waals surface area (Å²) in [5.74, 6) is -0.316. The lowest BCUT2D eigenvalue weighted by Gasteiger charge is -2.48. The van der Waals surface area contributed by atoms with Gasteiger partial charge in [0.25, 0.3) is 0 Å². The van der Waals surface area contributed by atoms with Gasteiger partial charge >= 0.3 is 0 Å². The van der Waals surface area contributed by atoms with Gasteiger partial charge in [-0.15, -0.1) is 0 Å². The molecular formula is C26H37N3O3. The number of hydrogen-bond donors (Lipinski definition) is 1. The van der Waals surface area contributed by atoms with Crippen molar-refractivity contribution in [3.8, 4) is 0 Å². The molecule has 1 N–H and O–H groups in total. The number of amides is 2. The summed E-state index contributed by atoms with van der Waals surface area (Å²) >= 11 is 0. The van der Waals surface area contributed by atoms with E-state index in [-0.39, 0.29) is 29.7 Å². The number of carbonyl (C=O) groups excluding carboxylic acids is 2. The Hall–Kier alpha value is -2.02. The third-order valence-corrected chi connectivity index (χ3v) is 8.31. The van der Waals surface area contributed by atoms with Crippen LogP contribution >= 0.6 is 0 Å². The van der Waals surface area contributed by atoms with E-state index in [1.165, 1.54) is 10.5 Å². The van der Waals surface area contributed by atoms with Crippen molar-refractivity contribution in [1.29, 1.82) is 0 Å². The number of aliphatic hydroxyl groups excluding tert-OH is 1. The van der Waals surface area contributed by atoms with E-state index < -0.39 is 11.5 Å². The second-order valence-corrected chi connectivity index (χ2v) is 10.5. The van der Waals surface area contributed by atoms with Crippen LogP contribution in [-0.2, 0) is 9.59 Å². The first-order valence-corrected chi connectivity index (χ1v) is 11.9. The molecule has 4 rings (SSSR count). The highest BCUT2D eigenvalue weighted by atomic mass is 16.3. The standard InChI is InChI=1S/C26H37N3O3/c1-25(2)22-11-12-26(25,3)24(32)29(23(22)31)19-21(30)18-28-16-14-27(15-17-28)13-7-10-20-8-5-4-6-9-20/h4-10,21-22,30H,11-19H2,1-3H3/b10-7+/t21-,22-,26+/m0/s1. The molecule has 2 aliphatic heterocycles. The molecule has 32 heavy (non-hydrogen) atoms. The quantitative estimate of drug-likeness (QED) is 0.662. The largest absolute Gasteiger partial charge is 0.390 e. The van der Waals surface area contributed by atoms with E-state index in [1.807, 2.05) is 39.0 Å². The summed E-state index contributed by atoms with van der Waals surface area (Å²) in [5, 5.41) is 10.7. The maximum absolute atomic E-state index is 13.2. The average Bonchev–Trinajstić information content (AvgIpc) is 2.97. The van der Waals surface area contributed by atoms with Crippen molar-refractivity contribution < 1.29 is 14.7 Å². The summed E-state index contributed by atoms with van der Waals surface area (Å²) in [5.41, 5.74) is 0.389. The highest BCUT2D eigenvalue weighted by Crippen LogP contribution is 2.60. The number of fused-ring (bicyclic) bond motifs is 2. The number of carbonyl (C=O) groups is 2. The molecule has 6 nitrogen and oxygen atoms in total. The predicted molar refractivity (Wildman–Crippen MR) is 126 cm³/mol. The zero-order valence-electron chi connectivity index (χ0n) is 19.7. The van der Waals surface area contributed by atoms with Crippen molar-refractivity contribution in [3.05, 3.63) is 42.0 Å². The molecular weight excluding hydrogens is 402 g/mol. The van der Waals surface area contributed by atoms with Crippen LogP contribution in [0, 0.1) is 16.7 Å². The van der Waals surface area contributed by atoms with Crippen LogP contribution in [0.3, 0.4) is 0 Å². The maximum Gasteiger partial charge on any atom is 0.235 e. The molecule has 1 saturated carbocycles. The Kier molecular flexibility index (Phi) is 6.57. The van der Waals surface area contributed by atoms with Crippen LogP contribution in [0.1, 0.15) is 39.2 Å². The molecule has 2 bridgehead atoms. The molecule has 0 unspecified atom stereocenters. The number of piperazine rings is 1. The number of rotatable bonds is 7. The number of aliphatic hydroxyl groups is 1. The molecule has 0 aromatic heterocycles. The van der Waals surface area contributed by atoms with Crippen LogP contribution in [0.4, 0.5) is 0 Å². The molecule has 174 valence electrons. The van der Waals surface area contributed by atoms with Gasteiger partial charge in [0.1, 0.15) is 0 Å². The van der Waals surface area contributed by atoms with E-state index in [2.05, 4.69) is 34.1 Å². The predicted octanol–water partition coefficient (Wildman–Crippen LogP) is 2.49. The van der Waals surface area contributed by atoms with Gasteiger partial charge < -0.3 is 5.11 Å². The van der Waals surface area contributed by atoms with E-state index in [4.69, 9.17) is 0 Å². The highest BCUT2D eigenvalue weighted by molar-refractivity contribution is 6.03. The summed E-state index contributed by atoms with van der Waals surface area (Å²) in [7, 11) is 0. The lowest BCUT2D eigenvalue weighted by molar-refractivity contribution is -0.169. The number of piperidine rings is 1. The fourth-order valence-electron chi connectivity index (χ4n) is 5.70. The Morgan fingerprint density at radius 3 is 2.38 bits per heavy atom. The maximum atomic E-state index is 13.2. The SMILES string of the molecule is CC1(C)[C@H]2CC[C@]1(C)C(=O)N(C[C@@H](O)CN1CCN(C/C=C/c3ccccc3)CC1)C2=O. The lowest BCUT2D eigenvalue weighted by Crippen LogP contribution is -2.61. The molecule has 3 atom stereocenters. The normalized spacial score (nSPS) is 29.8.